The quantitative estimate of drug-likeness (QED) is 0.707. The molecule has 2 N–H and O–H groups in total. The first-order valence-electron chi connectivity index (χ1n) is 11.9. The van der Waals surface area contributed by atoms with Crippen LogP contribution in [0.3, 0.4) is 0 Å². The zero-order valence-electron chi connectivity index (χ0n) is 19.4. The summed E-state index contributed by atoms with van der Waals surface area (Å²) in [5.74, 6) is 3.18. The summed E-state index contributed by atoms with van der Waals surface area (Å²) in [6, 6.07) is 11.2. The largest absolute Gasteiger partial charge is 0.373 e. The van der Waals surface area contributed by atoms with Crippen molar-refractivity contribution in [1.29, 1.82) is 0 Å². The summed E-state index contributed by atoms with van der Waals surface area (Å²) in [6.07, 6.45) is 4.89. The Morgan fingerprint density at radius 2 is 1.87 bits per heavy atom. The van der Waals surface area contributed by atoms with Crippen LogP contribution in [0.15, 0.2) is 30.3 Å². The summed E-state index contributed by atoms with van der Waals surface area (Å²) in [5.41, 5.74) is 3.80. The number of anilines is 2. The van der Waals surface area contributed by atoms with Crippen molar-refractivity contribution < 1.29 is 0 Å². The topological polar surface area (TPSA) is 56.3 Å². The van der Waals surface area contributed by atoms with Crippen molar-refractivity contribution in [1.82, 2.24) is 20.2 Å². The molecule has 168 valence electrons. The molecular formula is C25H38N6. The van der Waals surface area contributed by atoms with E-state index in [-0.39, 0.29) is 0 Å². The van der Waals surface area contributed by atoms with Crippen LogP contribution in [0, 0.1) is 5.92 Å². The summed E-state index contributed by atoms with van der Waals surface area (Å²) in [4.78, 5) is 14.6. The molecule has 3 heterocycles. The molecule has 2 aliphatic rings. The molecule has 2 fully saturated rings. The molecule has 0 bridgehead atoms. The van der Waals surface area contributed by atoms with Gasteiger partial charge in [0.1, 0.15) is 11.6 Å². The van der Waals surface area contributed by atoms with Crippen molar-refractivity contribution in [2.75, 3.05) is 50.5 Å². The van der Waals surface area contributed by atoms with Crippen LogP contribution in [0.1, 0.15) is 55.6 Å². The first kappa shape index (κ1) is 22.0. The van der Waals surface area contributed by atoms with Crippen molar-refractivity contribution in [3.63, 3.8) is 0 Å². The second-order valence-electron chi connectivity index (χ2n) is 9.41. The Bertz CT molecular complexity index is 830. The number of piperidine rings is 2. The molecular weight excluding hydrogens is 384 g/mol. The highest BCUT2D eigenvalue weighted by Crippen LogP contribution is 2.25. The van der Waals surface area contributed by atoms with Crippen molar-refractivity contribution in [2.24, 2.45) is 5.92 Å². The van der Waals surface area contributed by atoms with Gasteiger partial charge in [0.15, 0.2) is 0 Å². The normalized spacial score (nSPS) is 20.3. The van der Waals surface area contributed by atoms with E-state index in [1.54, 1.807) is 0 Å². The molecule has 6 nitrogen and oxygen atoms in total. The fraction of sp³-hybridized carbons (Fsp3) is 0.600. The van der Waals surface area contributed by atoms with E-state index in [1.807, 2.05) is 7.05 Å². The molecule has 1 atom stereocenters. The van der Waals surface area contributed by atoms with Gasteiger partial charge in [0, 0.05) is 50.9 Å². The number of nitrogens with one attached hydrogen (secondary N) is 2. The number of aromatic nitrogens is 2. The van der Waals surface area contributed by atoms with E-state index in [2.05, 4.69) is 64.7 Å². The fourth-order valence-electron chi connectivity index (χ4n) is 4.87. The van der Waals surface area contributed by atoms with E-state index >= 15 is 0 Å². The second kappa shape index (κ2) is 10.4. The fourth-order valence-corrected chi connectivity index (χ4v) is 4.87. The first-order valence-corrected chi connectivity index (χ1v) is 11.9. The number of rotatable bonds is 7. The number of benzene rings is 1. The zero-order chi connectivity index (χ0) is 21.6. The van der Waals surface area contributed by atoms with E-state index < -0.39 is 0 Å². The molecule has 1 aromatic heterocycles. The summed E-state index contributed by atoms with van der Waals surface area (Å²) in [7, 11) is 4.11. The molecule has 2 saturated heterocycles. The predicted molar refractivity (Wildman–Crippen MR) is 129 cm³/mol. The predicted octanol–water partition coefficient (Wildman–Crippen LogP) is 3.85. The summed E-state index contributed by atoms with van der Waals surface area (Å²) in [5, 5.41) is 6.65. The Morgan fingerprint density at radius 3 is 2.58 bits per heavy atom. The molecule has 0 unspecified atom stereocenters. The summed E-state index contributed by atoms with van der Waals surface area (Å²) in [6.45, 7) is 8.57. The van der Waals surface area contributed by atoms with Crippen LogP contribution in [-0.2, 0) is 13.1 Å². The minimum Gasteiger partial charge on any atom is -0.373 e. The molecule has 0 spiro atoms. The highest BCUT2D eigenvalue weighted by atomic mass is 15.1. The molecule has 2 aliphatic heterocycles. The number of nitrogens with zero attached hydrogens (tertiary/aromatic N) is 4. The molecule has 31 heavy (non-hydrogen) atoms. The Kier molecular flexibility index (Phi) is 7.41. The first-order chi connectivity index (χ1) is 15.1. The smallest absolute Gasteiger partial charge is 0.134 e. The van der Waals surface area contributed by atoms with Crippen LogP contribution in [0.2, 0.25) is 0 Å². The van der Waals surface area contributed by atoms with Gasteiger partial charge in [-0.3, -0.25) is 4.90 Å². The molecule has 0 aliphatic carbocycles. The van der Waals surface area contributed by atoms with Gasteiger partial charge < -0.3 is 15.5 Å². The maximum Gasteiger partial charge on any atom is 0.134 e. The highest BCUT2D eigenvalue weighted by Gasteiger charge is 2.20. The van der Waals surface area contributed by atoms with Crippen LogP contribution in [0.25, 0.3) is 0 Å². The molecule has 0 radical (unpaired) electrons. The summed E-state index contributed by atoms with van der Waals surface area (Å²) >= 11 is 0. The monoisotopic (exact) mass is 422 g/mol. The van der Waals surface area contributed by atoms with E-state index in [9.17, 15) is 0 Å². The maximum absolute atomic E-state index is 4.94. The second-order valence-corrected chi connectivity index (χ2v) is 9.41. The Hall–Kier alpha value is -2.18. The van der Waals surface area contributed by atoms with E-state index in [1.165, 1.54) is 37.2 Å². The Labute approximate surface area is 187 Å². The molecule has 0 amide bonds. The van der Waals surface area contributed by atoms with Crippen molar-refractivity contribution in [2.45, 2.75) is 51.6 Å². The van der Waals surface area contributed by atoms with Gasteiger partial charge in [-0.05, 0) is 69.4 Å². The molecule has 0 saturated carbocycles. The average molecular weight is 423 g/mol. The van der Waals surface area contributed by atoms with Gasteiger partial charge in [0.2, 0.25) is 0 Å². The lowest BCUT2D eigenvalue weighted by Crippen LogP contribution is -2.34. The van der Waals surface area contributed by atoms with Gasteiger partial charge in [-0.15, -0.1) is 0 Å². The number of hydrogen-bond acceptors (Lipinski definition) is 6. The third-order valence-electron chi connectivity index (χ3n) is 6.60. The van der Waals surface area contributed by atoms with E-state index in [0.29, 0.717) is 5.92 Å². The van der Waals surface area contributed by atoms with Crippen LogP contribution in [0.4, 0.5) is 11.5 Å². The Morgan fingerprint density at radius 1 is 1.10 bits per heavy atom. The van der Waals surface area contributed by atoms with Crippen LogP contribution in [-0.4, -0.2) is 55.1 Å². The standard InChI is InChI=1S/C25H38N6/c1-19-5-4-14-31(16-19)23-8-6-20(7-9-23)17-30(3)18-22-15-24(26-2)29-25(28-22)21-10-12-27-13-11-21/h6-9,15,19,21,27H,4-5,10-14,16-18H2,1-3H3,(H,26,28,29)/t19-/m0/s1. The lowest BCUT2D eigenvalue weighted by Gasteiger charge is -2.33. The van der Waals surface area contributed by atoms with Crippen LogP contribution in [0.5, 0.6) is 0 Å². The van der Waals surface area contributed by atoms with Gasteiger partial charge in [0.25, 0.3) is 0 Å². The molecule has 4 rings (SSSR count). The Balaban J connectivity index is 1.38. The van der Waals surface area contributed by atoms with Crippen LogP contribution < -0.4 is 15.5 Å². The number of hydrogen-bond donors (Lipinski definition) is 2. The van der Waals surface area contributed by atoms with Crippen molar-refractivity contribution >= 4 is 11.5 Å². The van der Waals surface area contributed by atoms with Gasteiger partial charge in [0.05, 0.1) is 5.69 Å². The molecule has 1 aromatic carbocycles. The lowest BCUT2D eigenvalue weighted by molar-refractivity contribution is 0.314. The van der Waals surface area contributed by atoms with E-state index in [4.69, 9.17) is 9.97 Å². The SMILES string of the molecule is CNc1cc(CN(C)Cc2ccc(N3CCC[C@H](C)C3)cc2)nc(C2CCNCC2)n1. The van der Waals surface area contributed by atoms with Crippen molar-refractivity contribution in [3.05, 3.63) is 47.4 Å². The molecule has 6 heteroatoms. The third kappa shape index (κ3) is 5.95. The minimum atomic E-state index is 0.462. The van der Waals surface area contributed by atoms with Gasteiger partial charge in [-0.1, -0.05) is 19.1 Å². The lowest BCUT2D eigenvalue weighted by atomic mass is 9.97. The third-order valence-corrected chi connectivity index (χ3v) is 6.60. The van der Waals surface area contributed by atoms with Gasteiger partial charge in [-0.2, -0.15) is 0 Å². The van der Waals surface area contributed by atoms with Crippen molar-refractivity contribution in [3.8, 4) is 0 Å². The average Bonchev–Trinajstić information content (AvgIpc) is 2.80. The summed E-state index contributed by atoms with van der Waals surface area (Å²) < 4.78 is 0. The minimum absolute atomic E-state index is 0.462. The van der Waals surface area contributed by atoms with Gasteiger partial charge in [-0.25, -0.2) is 9.97 Å². The van der Waals surface area contributed by atoms with Crippen LogP contribution >= 0.6 is 0 Å². The van der Waals surface area contributed by atoms with Gasteiger partial charge >= 0.3 is 0 Å². The molecule has 2 aromatic rings. The zero-order valence-corrected chi connectivity index (χ0v) is 19.4. The maximum atomic E-state index is 4.94. The highest BCUT2D eigenvalue weighted by molar-refractivity contribution is 5.48. The van der Waals surface area contributed by atoms with E-state index in [0.717, 1.165) is 62.3 Å².